The smallest absolute Gasteiger partial charge is 0.281 e. The van der Waals surface area contributed by atoms with Crippen LogP contribution in [-0.2, 0) is 10.0 Å². The highest BCUT2D eigenvalue weighted by molar-refractivity contribution is 7.90. The Balaban J connectivity index is 1.74. The Morgan fingerprint density at radius 3 is 2.62 bits per heavy atom. The van der Waals surface area contributed by atoms with Gasteiger partial charge in [-0.2, -0.15) is 8.42 Å². The lowest BCUT2D eigenvalue weighted by Crippen LogP contribution is -2.41. The monoisotopic (exact) mass is 483 g/mol. The first-order valence-electron chi connectivity index (χ1n) is 11.7. The van der Waals surface area contributed by atoms with E-state index >= 15 is 0 Å². The Morgan fingerprint density at radius 1 is 1.24 bits per heavy atom. The summed E-state index contributed by atoms with van der Waals surface area (Å²) in [6.45, 7) is 9.36. The third-order valence-electron chi connectivity index (χ3n) is 6.73. The number of nitrogens with one attached hydrogen (secondary N) is 1. The Labute approximate surface area is 201 Å². The van der Waals surface area contributed by atoms with Gasteiger partial charge in [-0.3, -0.25) is 4.79 Å². The van der Waals surface area contributed by atoms with Gasteiger partial charge >= 0.3 is 0 Å². The van der Waals surface area contributed by atoms with Crippen molar-refractivity contribution in [2.45, 2.75) is 63.9 Å². The molecule has 2 unspecified atom stereocenters. The van der Waals surface area contributed by atoms with Gasteiger partial charge in [-0.25, -0.2) is 14.7 Å². The van der Waals surface area contributed by atoms with E-state index in [4.69, 9.17) is 10.7 Å². The summed E-state index contributed by atoms with van der Waals surface area (Å²) in [5.41, 5.74) is 7.67. The van der Waals surface area contributed by atoms with Gasteiger partial charge in [-0.05, 0) is 80.7 Å². The lowest BCUT2D eigenvalue weighted by molar-refractivity contribution is 0.0981. The molecule has 3 N–H and O–H groups in total. The number of allylic oxidation sites excluding steroid dienone is 2. The molecule has 0 bridgehead atoms. The number of hydrogen-bond donors (Lipinski definition) is 2. The van der Waals surface area contributed by atoms with E-state index in [9.17, 15) is 13.2 Å². The van der Waals surface area contributed by atoms with Crippen molar-refractivity contribution in [3.8, 4) is 0 Å². The molecule has 0 spiro atoms. The van der Waals surface area contributed by atoms with Crippen LogP contribution in [0.2, 0.25) is 0 Å². The first-order chi connectivity index (χ1) is 16.0. The number of hydrogen-bond acceptors (Lipinski definition) is 7. The quantitative estimate of drug-likeness (QED) is 0.660. The summed E-state index contributed by atoms with van der Waals surface area (Å²) in [6, 6.07) is 6.06. The van der Waals surface area contributed by atoms with Gasteiger partial charge in [0.2, 0.25) is 0 Å². The fraction of sp³-hybridized carbons (Fsp3) is 0.480. The second-order valence-electron chi connectivity index (χ2n) is 10.3. The summed E-state index contributed by atoms with van der Waals surface area (Å²) < 4.78 is 28.0. The van der Waals surface area contributed by atoms with Crippen LogP contribution in [-0.4, -0.2) is 36.4 Å². The molecule has 1 fully saturated rings. The SMILES string of the molecule is CC1CC=C(c2cnc(N3CC(C)CC3(C)C)c(C(=O)NS(=O)(=O)c3cccc(N)n3)c2)CC1. The summed E-state index contributed by atoms with van der Waals surface area (Å²) in [4.78, 5) is 24.1. The van der Waals surface area contributed by atoms with Gasteiger partial charge < -0.3 is 10.6 Å². The van der Waals surface area contributed by atoms with Gasteiger partial charge in [-0.1, -0.05) is 26.0 Å². The molecule has 2 aromatic heterocycles. The van der Waals surface area contributed by atoms with E-state index in [-0.39, 0.29) is 21.9 Å². The number of nitrogens with zero attached hydrogens (tertiary/aromatic N) is 3. The van der Waals surface area contributed by atoms with E-state index in [1.165, 1.54) is 18.2 Å². The molecule has 1 aliphatic heterocycles. The predicted molar refractivity (Wildman–Crippen MR) is 134 cm³/mol. The van der Waals surface area contributed by atoms with Crippen molar-refractivity contribution in [1.82, 2.24) is 14.7 Å². The molecule has 0 radical (unpaired) electrons. The van der Waals surface area contributed by atoms with Crippen LogP contribution < -0.4 is 15.4 Å². The molecule has 9 heteroatoms. The van der Waals surface area contributed by atoms with E-state index < -0.39 is 15.9 Å². The average molecular weight is 484 g/mol. The maximum Gasteiger partial charge on any atom is 0.281 e. The highest BCUT2D eigenvalue weighted by atomic mass is 32.2. The molecule has 182 valence electrons. The maximum absolute atomic E-state index is 13.4. The fourth-order valence-electron chi connectivity index (χ4n) is 5.01. The zero-order valence-corrected chi connectivity index (χ0v) is 21.0. The fourth-order valence-corrected chi connectivity index (χ4v) is 5.95. The number of sulfonamides is 1. The van der Waals surface area contributed by atoms with E-state index in [2.05, 4.69) is 48.4 Å². The summed E-state index contributed by atoms with van der Waals surface area (Å²) in [6.07, 6.45) is 7.90. The Kier molecular flexibility index (Phi) is 6.42. The molecule has 4 rings (SSSR count). The number of carbonyl (C=O) groups excluding carboxylic acids is 1. The number of aromatic nitrogens is 2. The molecule has 34 heavy (non-hydrogen) atoms. The van der Waals surface area contributed by atoms with E-state index in [1.807, 2.05) is 0 Å². The van der Waals surface area contributed by atoms with Crippen molar-refractivity contribution >= 4 is 33.1 Å². The van der Waals surface area contributed by atoms with E-state index in [0.717, 1.165) is 43.4 Å². The third kappa shape index (κ3) is 4.94. The molecule has 3 heterocycles. The van der Waals surface area contributed by atoms with Gasteiger partial charge in [0.1, 0.15) is 11.6 Å². The Hall–Kier alpha value is -2.94. The largest absolute Gasteiger partial charge is 0.384 e. The second-order valence-corrected chi connectivity index (χ2v) is 11.9. The number of rotatable bonds is 5. The molecular formula is C25H33N5O3S. The van der Waals surface area contributed by atoms with Gasteiger partial charge in [0.05, 0.1) is 5.56 Å². The van der Waals surface area contributed by atoms with Crippen molar-refractivity contribution in [2.75, 3.05) is 17.2 Å². The van der Waals surface area contributed by atoms with E-state index in [1.54, 1.807) is 12.3 Å². The van der Waals surface area contributed by atoms with Crippen LogP contribution in [0.3, 0.4) is 0 Å². The minimum atomic E-state index is -4.21. The number of carbonyl (C=O) groups is 1. The minimum absolute atomic E-state index is 0.0611. The van der Waals surface area contributed by atoms with Gasteiger partial charge in [0, 0.05) is 18.3 Å². The number of amides is 1. The Bertz CT molecular complexity index is 1240. The lowest BCUT2D eigenvalue weighted by Gasteiger charge is -2.34. The van der Waals surface area contributed by atoms with Gasteiger partial charge in [0.25, 0.3) is 15.9 Å². The molecule has 8 nitrogen and oxygen atoms in total. The van der Waals surface area contributed by atoms with Crippen molar-refractivity contribution in [2.24, 2.45) is 11.8 Å². The maximum atomic E-state index is 13.4. The first kappa shape index (κ1) is 24.2. The zero-order chi connectivity index (χ0) is 24.7. The van der Waals surface area contributed by atoms with Crippen molar-refractivity contribution < 1.29 is 13.2 Å². The average Bonchev–Trinajstić information content (AvgIpc) is 3.05. The van der Waals surface area contributed by atoms with Crippen LogP contribution in [0.25, 0.3) is 5.57 Å². The Morgan fingerprint density at radius 2 is 2.00 bits per heavy atom. The molecule has 2 aliphatic rings. The summed E-state index contributed by atoms with van der Waals surface area (Å²) in [5.74, 6) is 0.882. The molecule has 1 amide bonds. The van der Waals surface area contributed by atoms with Crippen LogP contribution in [0.1, 0.15) is 69.3 Å². The third-order valence-corrected chi connectivity index (χ3v) is 7.96. The van der Waals surface area contributed by atoms with E-state index in [0.29, 0.717) is 17.7 Å². The molecule has 1 aliphatic carbocycles. The van der Waals surface area contributed by atoms with Crippen molar-refractivity contribution in [3.05, 3.63) is 47.7 Å². The molecule has 2 aromatic rings. The topological polar surface area (TPSA) is 118 Å². The van der Waals surface area contributed by atoms with Crippen LogP contribution >= 0.6 is 0 Å². The normalized spacial score (nSPS) is 22.4. The van der Waals surface area contributed by atoms with Gasteiger partial charge in [-0.15, -0.1) is 0 Å². The highest BCUT2D eigenvalue weighted by Crippen LogP contribution is 2.38. The zero-order valence-electron chi connectivity index (χ0n) is 20.2. The summed E-state index contributed by atoms with van der Waals surface area (Å²) in [7, 11) is -4.21. The first-order valence-corrected chi connectivity index (χ1v) is 13.2. The molecule has 0 aromatic carbocycles. The molecule has 2 atom stereocenters. The molecule has 0 saturated carbocycles. The molecule has 1 saturated heterocycles. The summed E-state index contributed by atoms with van der Waals surface area (Å²) in [5, 5.41) is -0.300. The predicted octanol–water partition coefficient (Wildman–Crippen LogP) is 4.01. The lowest BCUT2D eigenvalue weighted by atomic mass is 9.88. The van der Waals surface area contributed by atoms with Crippen molar-refractivity contribution in [3.63, 3.8) is 0 Å². The van der Waals surface area contributed by atoms with Crippen molar-refractivity contribution in [1.29, 1.82) is 0 Å². The highest BCUT2D eigenvalue weighted by Gasteiger charge is 2.39. The van der Waals surface area contributed by atoms with Crippen LogP contribution in [0, 0.1) is 11.8 Å². The molecular weight excluding hydrogens is 450 g/mol. The second kappa shape index (κ2) is 9.02. The van der Waals surface area contributed by atoms with Crippen LogP contribution in [0.4, 0.5) is 11.6 Å². The number of nitrogens with two attached hydrogens (primary N) is 1. The number of nitrogen functional groups attached to an aromatic ring is 1. The number of anilines is 2. The standard InChI is InChI=1S/C25H33N5O3S/c1-16-8-10-18(11-9-16)19-12-20(23(27-14-19)30-15-17(2)13-25(30,3)4)24(31)29-34(32,33)22-7-5-6-21(26)28-22/h5-7,10,12,14,16-17H,8-9,11,13,15H2,1-4H3,(H2,26,28)(H,29,31). The van der Waals surface area contributed by atoms with Gasteiger partial charge in [0.15, 0.2) is 5.03 Å². The summed E-state index contributed by atoms with van der Waals surface area (Å²) >= 11 is 0. The van der Waals surface area contributed by atoms with Crippen LogP contribution in [0.15, 0.2) is 41.6 Å². The minimum Gasteiger partial charge on any atom is -0.384 e. The van der Waals surface area contributed by atoms with Crippen LogP contribution in [0.5, 0.6) is 0 Å². The number of pyridine rings is 2.